The van der Waals surface area contributed by atoms with Gasteiger partial charge in [-0.25, -0.2) is 0 Å². The van der Waals surface area contributed by atoms with Gasteiger partial charge in [0.05, 0.1) is 6.10 Å². The molecule has 25 heavy (non-hydrogen) atoms. The third-order valence-electron chi connectivity index (χ3n) is 4.49. The Bertz CT molecular complexity index is 806. The quantitative estimate of drug-likeness (QED) is 0.596. The molecule has 0 heterocycles. The van der Waals surface area contributed by atoms with Gasteiger partial charge in [-0.05, 0) is 30.0 Å². The first-order valence-electron chi connectivity index (χ1n) is 8.75. The van der Waals surface area contributed by atoms with E-state index in [9.17, 15) is 5.11 Å². The summed E-state index contributed by atoms with van der Waals surface area (Å²) >= 11 is 0. The second-order valence-electron chi connectivity index (χ2n) is 6.42. The average Bonchev–Trinajstić information content (AvgIpc) is 2.66. The van der Waals surface area contributed by atoms with Crippen LogP contribution >= 0.6 is 0 Å². The topological polar surface area (TPSA) is 20.2 Å². The zero-order valence-electron chi connectivity index (χ0n) is 14.5. The van der Waals surface area contributed by atoms with Crippen molar-refractivity contribution in [3.63, 3.8) is 0 Å². The Hall–Kier alpha value is -2.64. The van der Waals surface area contributed by atoms with Crippen LogP contribution in [-0.4, -0.2) is 5.11 Å². The van der Waals surface area contributed by atoms with Crippen molar-refractivity contribution in [2.75, 3.05) is 0 Å². The summed E-state index contributed by atoms with van der Waals surface area (Å²) in [4.78, 5) is 0. The molecule has 3 rings (SSSR count). The van der Waals surface area contributed by atoms with Gasteiger partial charge in [-0.3, -0.25) is 0 Å². The SMILES string of the molecule is Cc1cccc(C(O)C(C/C=C/c2ccccc2)c2ccccc2)c1. The normalized spacial score (nSPS) is 13.7. The Morgan fingerprint density at radius 1 is 0.800 bits per heavy atom. The molecule has 0 spiro atoms. The minimum Gasteiger partial charge on any atom is -0.388 e. The number of benzene rings is 3. The lowest BCUT2D eigenvalue weighted by Crippen LogP contribution is -2.10. The summed E-state index contributed by atoms with van der Waals surface area (Å²) in [6.07, 6.45) is 4.54. The monoisotopic (exact) mass is 328 g/mol. The third-order valence-corrected chi connectivity index (χ3v) is 4.49. The summed E-state index contributed by atoms with van der Waals surface area (Å²) in [6, 6.07) is 28.7. The molecule has 0 fully saturated rings. The van der Waals surface area contributed by atoms with Crippen LogP contribution in [0, 0.1) is 6.92 Å². The second-order valence-corrected chi connectivity index (χ2v) is 6.42. The molecule has 2 unspecified atom stereocenters. The lowest BCUT2D eigenvalue weighted by atomic mass is 9.86. The average molecular weight is 328 g/mol. The Morgan fingerprint density at radius 3 is 2.12 bits per heavy atom. The number of allylic oxidation sites excluding steroid dienone is 1. The maximum absolute atomic E-state index is 11.0. The molecule has 0 aliphatic carbocycles. The van der Waals surface area contributed by atoms with Crippen molar-refractivity contribution in [3.05, 3.63) is 113 Å². The van der Waals surface area contributed by atoms with Crippen molar-refractivity contribution in [1.82, 2.24) is 0 Å². The number of aliphatic hydroxyl groups excluding tert-OH is 1. The Kier molecular flexibility index (Phi) is 5.81. The predicted octanol–water partition coefficient (Wildman–Crippen LogP) is 5.92. The van der Waals surface area contributed by atoms with Crippen LogP contribution in [-0.2, 0) is 0 Å². The number of aryl methyl sites for hydroxylation is 1. The van der Waals surface area contributed by atoms with Gasteiger partial charge in [-0.15, -0.1) is 0 Å². The van der Waals surface area contributed by atoms with Gasteiger partial charge in [0.25, 0.3) is 0 Å². The van der Waals surface area contributed by atoms with Crippen LogP contribution in [0.4, 0.5) is 0 Å². The van der Waals surface area contributed by atoms with Gasteiger partial charge in [0, 0.05) is 5.92 Å². The molecule has 0 aliphatic heterocycles. The standard InChI is InChI=1S/C24H24O/c1-19-10-8-16-22(18-19)24(25)23(21-14-6-3-7-15-21)17-9-13-20-11-4-2-5-12-20/h2-16,18,23-25H,17H2,1H3/b13-9+. The molecule has 0 radical (unpaired) electrons. The van der Waals surface area contributed by atoms with Gasteiger partial charge < -0.3 is 5.11 Å². The van der Waals surface area contributed by atoms with E-state index in [0.29, 0.717) is 0 Å². The zero-order chi connectivity index (χ0) is 17.5. The van der Waals surface area contributed by atoms with E-state index < -0.39 is 6.10 Å². The number of aliphatic hydroxyl groups is 1. The molecule has 3 aromatic carbocycles. The summed E-state index contributed by atoms with van der Waals surface area (Å²) in [6.45, 7) is 2.06. The molecule has 1 heteroatoms. The van der Waals surface area contributed by atoms with E-state index in [4.69, 9.17) is 0 Å². The van der Waals surface area contributed by atoms with E-state index in [0.717, 1.165) is 17.5 Å². The largest absolute Gasteiger partial charge is 0.388 e. The molecule has 126 valence electrons. The molecule has 0 aliphatic rings. The maximum atomic E-state index is 11.0. The van der Waals surface area contributed by atoms with Gasteiger partial charge >= 0.3 is 0 Å². The van der Waals surface area contributed by atoms with E-state index in [1.54, 1.807) is 0 Å². The van der Waals surface area contributed by atoms with Gasteiger partial charge in [0.2, 0.25) is 0 Å². The van der Waals surface area contributed by atoms with Gasteiger partial charge in [0.1, 0.15) is 0 Å². The molecule has 0 aromatic heterocycles. The molecule has 1 N–H and O–H groups in total. The third kappa shape index (κ3) is 4.68. The summed E-state index contributed by atoms with van der Waals surface area (Å²) in [7, 11) is 0. The first-order valence-corrected chi connectivity index (χ1v) is 8.75. The van der Waals surface area contributed by atoms with Crippen LogP contribution < -0.4 is 0 Å². The van der Waals surface area contributed by atoms with Gasteiger partial charge in [0.15, 0.2) is 0 Å². The fourth-order valence-electron chi connectivity index (χ4n) is 3.15. The molecular weight excluding hydrogens is 304 g/mol. The first kappa shape index (κ1) is 17.2. The number of rotatable bonds is 6. The summed E-state index contributed by atoms with van der Waals surface area (Å²) in [5, 5.41) is 11.0. The van der Waals surface area contributed by atoms with E-state index in [1.807, 2.05) is 48.5 Å². The highest BCUT2D eigenvalue weighted by Gasteiger charge is 2.21. The molecule has 2 atom stereocenters. The molecule has 0 bridgehead atoms. The minimum absolute atomic E-state index is 0.0305. The fraction of sp³-hybridized carbons (Fsp3) is 0.167. The summed E-state index contributed by atoms with van der Waals surface area (Å²) < 4.78 is 0. The van der Waals surface area contributed by atoms with Crippen molar-refractivity contribution < 1.29 is 5.11 Å². The van der Waals surface area contributed by atoms with Crippen molar-refractivity contribution in [2.45, 2.75) is 25.4 Å². The van der Waals surface area contributed by atoms with Crippen LogP contribution in [0.3, 0.4) is 0 Å². The fourth-order valence-corrected chi connectivity index (χ4v) is 3.15. The van der Waals surface area contributed by atoms with Gasteiger partial charge in [-0.2, -0.15) is 0 Å². The van der Waals surface area contributed by atoms with Crippen molar-refractivity contribution in [2.24, 2.45) is 0 Å². The molecule has 1 nitrogen and oxygen atoms in total. The van der Waals surface area contributed by atoms with Crippen LogP contribution in [0.25, 0.3) is 6.08 Å². The van der Waals surface area contributed by atoms with Crippen LogP contribution in [0.2, 0.25) is 0 Å². The highest BCUT2D eigenvalue weighted by Crippen LogP contribution is 2.34. The lowest BCUT2D eigenvalue weighted by Gasteiger charge is -2.23. The molecular formula is C24H24O. The van der Waals surface area contributed by atoms with Crippen molar-refractivity contribution in [1.29, 1.82) is 0 Å². The Morgan fingerprint density at radius 2 is 1.44 bits per heavy atom. The summed E-state index contributed by atoms with van der Waals surface area (Å²) in [5.41, 5.74) is 4.48. The summed E-state index contributed by atoms with van der Waals surface area (Å²) in [5.74, 6) is 0.0305. The maximum Gasteiger partial charge on any atom is 0.0861 e. The minimum atomic E-state index is -0.525. The number of hydrogen-bond acceptors (Lipinski definition) is 1. The second kappa shape index (κ2) is 8.46. The molecule has 3 aromatic rings. The zero-order valence-corrected chi connectivity index (χ0v) is 14.5. The molecule has 0 saturated heterocycles. The smallest absolute Gasteiger partial charge is 0.0861 e. The Labute approximate surface area is 150 Å². The van der Waals surface area contributed by atoms with E-state index >= 15 is 0 Å². The van der Waals surface area contributed by atoms with Gasteiger partial charge in [-0.1, -0.05) is 103 Å². The molecule has 0 saturated carbocycles. The molecule has 0 amide bonds. The van der Waals surface area contributed by atoms with Crippen LogP contribution in [0.1, 0.15) is 40.7 Å². The highest BCUT2D eigenvalue weighted by molar-refractivity contribution is 5.49. The van der Waals surface area contributed by atoms with E-state index in [2.05, 4.69) is 55.5 Å². The Balaban J connectivity index is 1.84. The lowest BCUT2D eigenvalue weighted by molar-refractivity contribution is 0.145. The van der Waals surface area contributed by atoms with Crippen LogP contribution in [0.5, 0.6) is 0 Å². The van der Waals surface area contributed by atoms with E-state index in [-0.39, 0.29) is 5.92 Å². The predicted molar refractivity (Wildman–Crippen MR) is 105 cm³/mol. The van der Waals surface area contributed by atoms with E-state index in [1.165, 1.54) is 11.1 Å². The van der Waals surface area contributed by atoms with Crippen molar-refractivity contribution in [3.8, 4) is 0 Å². The number of hydrogen-bond donors (Lipinski definition) is 1. The highest BCUT2D eigenvalue weighted by atomic mass is 16.3. The van der Waals surface area contributed by atoms with Crippen molar-refractivity contribution >= 4 is 6.08 Å². The first-order chi connectivity index (χ1) is 12.2. The van der Waals surface area contributed by atoms with Crippen LogP contribution in [0.15, 0.2) is 91.0 Å².